The third-order valence-corrected chi connectivity index (χ3v) is 2.44. The number of nitrogens with one attached hydrogen (secondary N) is 1. The third kappa shape index (κ3) is 1.23. The summed E-state index contributed by atoms with van der Waals surface area (Å²) in [5.41, 5.74) is 9.53. The quantitative estimate of drug-likeness (QED) is 0.685. The molecule has 1 atom stereocenters. The van der Waals surface area contributed by atoms with Crippen molar-refractivity contribution in [2.75, 3.05) is 0 Å². The summed E-state index contributed by atoms with van der Waals surface area (Å²) in [6.07, 6.45) is 2.00. The fourth-order valence-corrected chi connectivity index (χ4v) is 1.76. The molecule has 0 bridgehead atoms. The minimum Gasteiger partial charge on any atom is -0.361 e. The van der Waals surface area contributed by atoms with Gasteiger partial charge in [-0.3, -0.25) is 0 Å². The van der Waals surface area contributed by atoms with Gasteiger partial charge in [-0.15, -0.1) is 0 Å². The van der Waals surface area contributed by atoms with Gasteiger partial charge in [-0.05, 0) is 31.0 Å². The average molecular weight is 174 g/mol. The Bertz CT molecular complexity index is 427. The topological polar surface area (TPSA) is 41.8 Å². The summed E-state index contributed by atoms with van der Waals surface area (Å²) in [5.74, 6) is 0. The van der Waals surface area contributed by atoms with E-state index >= 15 is 0 Å². The molecule has 2 rings (SSSR count). The van der Waals surface area contributed by atoms with Gasteiger partial charge in [0, 0.05) is 23.1 Å². The second-order valence-corrected chi connectivity index (χ2v) is 3.53. The molecule has 2 nitrogen and oxygen atoms in total. The van der Waals surface area contributed by atoms with Crippen molar-refractivity contribution in [1.82, 2.24) is 4.98 Å². The summed E-state index contributed by atoms with van der Waals surface area (Å²) in [7, 11) is 0. The molecule has 2 heteroatoms. The first kappa shape index (κ1) is 8.32. The minimum absolute atomic E-state index is 0.0925. The Morgan fingerprint density at radius 3 is 2.85 bits per heavy atom. The van der Waals surface area contributed by atoms with Crippen molar-refractivity contribution in [1.29, 1.82) is 0 Å². The van der Waals surface area contributed by atoms with Gasteiger partial charge in [-0.2, -0.15) is 0 Å². The van der Waals surface area contributed by atoms with Gasteiger partial charge in [0.1, 0.15) is 0 Å². The number of aryl methyl sites for hydroxylation is 1. The predicted octanol–water partition coefficient (Wildman–Crippen LogP) is 2.50. The minimum atomic E-state index is 0.0925. The lowest BCUT2D eigenvalue weighted by Crippen LogP contribution is -2.04. The largest absolute Gasteiger partial charge is 0.361 e. The molecule has 0 saturated heterocycles. The molecular formula is C11H14N2. The van der Waals surface area contributed by atoms with Crippen LogP contribution in [-0.2, 0) is 0 Å². The molecule has 0 spiro atoms. The van der Waals surface area contributed by atoms with E-state index in [1.807, 2.05) is 13.1 Å². The summed E-state index contributed by atoms with van der Waals surface area (Å²) in [6, 6.07) is 6.34. The fourth-order valence-electron chi connectivity index (χ4n) is 1.76. The zero-order valence-corrected chi connectivity index (χ0v) is 7.96. The molecular weight excluding hydrogens is 160 g/mol. The highest BCUT2D eigenvalue weighted by Crippen LogP contribution is 2.25. The molecule has 0 fully saturated rings. The summed E-state index contributed by atoms with van der Waals surface area (Å²) in [6.45, 7) is 4.12. The van der Waals surface area contributed by atoms with Crippen LogP contribution in [0.1, 0.15) is 24.1 Å². The maximum absolute atomic E-state index is 5.87. The fraction of sp³-hybridized carbons (Fsp3) is 0.273. The number of nitrogens with two attached hydrogens (primary N) is 1. The van der Waals surface area contributed by atoms with E-state index in [2.05, 4.69) is 30.1 Å². The molecule has 1 aromatic heterocycles. The van der Waals surface area contributed by atoms with Gasteiger partial charge < -0.3 is 10.7 Å². The van der Waals surface area contributed by atoms with Crippen molar-refractivity contribution >= 4 is 10.9 Å². The number of aromatic nitrogens is 1. The number of aromatic amines is 1. The van der Waals surface area contributed by atoms with E-state index in [9.17, 15) is 0 Å². The Kier molecular flexibility index (Phi) is 1.85. The van der Waals surface area contributed by atoms with Crippen LogP contribution in [0, 0.1) is 6.92 Å². The lowest BCUT2D eigenvalue weighted by Gasteiger charge is -2.04. The lowest BCUT2D eigenvalue weighted by molar-refractivity contribution is 0.825. The van der Waals surface area contributed by atoms with Crippen LogP contribution in [0.25, 0.3) is 10.9 Å². The number of hydrogen-bond donors (Lipinski definition) is 2. The Labute approximate surface area is 77.8 Å². The van der Waals surface area contributed by atoms with E-state index in [0.717, 1.165) is 0 Å². The van der Waals surface area contributed by atoms with Crippen LogP contribution < -0.4 is 5.73 Å². The van der Waals surface area contributed by atoms with Gasteiger partial charge in [0.2, 0.25) is 0 Å². The molecule has 0 aliphatic rings. The highest BCUT2D eigenvalue weighted by molar-refractivity contribution is 5.86. The van der Waals surface area contributed by atoms with Crippen LogP contribution in [0.4, 0.5) is 0 Å². The smallest absolute Gasteiger partial charge is 0.0460 e. The van der Waals surface area contributed by atoms with E-state index in [4.69, 9.17) is 5.73 Å². The van der Waals surface area contributed by atoms with Crippen LogP contribution in [-0.4, -0.2) is 4.98 Å². The maximum atomic E-state index is 5.87. The number of rotatable bonds is 1. The predicted molar refractivity (Wildman–Crippen MR) is 55.6 cm³/mol. The Balaban J connectivity index is 2.79. The van der Waals surface area contributed by atoms with Crippen molar-refractivity contribution in [3.63, 3.8) is 0 Å². The van der Waals surface area contributed by atoms with Crippen molar-refractivity contribution in [2.24, 2.45) is 5.73 Å². The van der Waals surface area contributed by atoms with Crippen LogP contribution in [0.15, 0.2) is 24.4 Å². The highest BCUT2D eigenvalue weighted by atomic mass is 14.7. The second-order valence-electron chi connectivity index (χ2n) is 3.53. The number of H-pyrrole nitrogens is 1. The van der Waals surface area contributed by atoms with E-state index in [1.54, 1.807) is 0 Å². The van der Waals surface area contributed by atoms with Crippen molar-refractivity contribution in [3.05, 3.63) is 35.5 Å². The van der Waals surface area contributed by atoms with Crippen LogP contribution in [0.5, 0.6) is 0 Å². The summed E-state index contributed by atoms with van der Waals surface area (Å²) in [5, 5.41) is 1.28. The van der Waals surface area contributed by atoms with Crippen LogP contribution in [0.2, 0.25) is 0 Å². The highest BCUT2D eigenvalue weighted by Gasteiger charge is 2.08. The van der Waals surface area contributed by atoms with Crippen LogP contribution in [0.3, 0.4) is 0 Å². The molecule has 1 aromatic carbocycles. The first-order valence-electron chi connectivity index (χ1n) is 4.52. The summed E-state index contributed by atoms with van der Waals surface area (Å²) in [4.78, 5) is 3.23. The zero-order valence-electron chi connectivity index (χ0n) is 7.96. The van der Waals surface area contributed by atoms with Gasteiger partial charge >= 0.3 is 0 Å². The summed E-state index contributed by atoms with van der Waals surface area (Å²) >= 11 is 0. The van der Waals surface area contributed by atoms with Crippen molar-refractivity contribution in [3.8, 4) is 0 Å². The normalized spacial score (nSPS) is 13.5. The van der Waals surface area contributed by atoms with E-state index in [0.29, 0.717) is 0 Å². The first-order valence-corrected chi connectivity index (χ1v) is 4.52. The second kappa shape index (κ2) is 2.89. The number of hydrogen-bond acceptors (Lipinski definition) is 1. The van der Waals surface area contributed by atoms with Crippen molar-refractivity contribution in [2.45, 2.75) is 19.9 Å². The molecule has 0 saturated carbocycles. The van der Waals surface area contributed by atoms with E-state index in [1.165, 1.54) is 22.0 Å². The van der Waals surface area contributed by atoms with Gasteiger partial charge in [0.25, 0.3) is 0 Å². The van der Waals surface area contributed by atoms with Crippen LogP contribution >= 0.6 is 0 Å². The third-order valence-electron chi connectivity index (χ3n) is 2.44. The van der Waals surface area contributed by atoms with Gasteiger partial charge in [-0.25, -0.2) is 0 Å². The first-order chi connectivity index (χ1) is 6.20. The Hall–Kier alpha value is -1.28. The van der Waals surface area contributed by atoms with Gasteiger partial charge in [-0.1, -0.05) is 12.1 Å². The molecule has 13 heavy (non-hydrogen) atoms. The molecule has 1 heterocycles. The molecule has 0 unspecified atom stereocenters. The SMILES string of the molecule is Cc1cccc2[nH]cc([C@H](C)N)c12. The molecule has 68 valence electrons. The number of benzene rings is 1. The van der Waals surface area contributed by atoms with Crippen molar-refractivity contribution < 1.29 is 0 Å². The van der Waals surface area contributed by atoms with E-state index < -0.39 is 0 Å². The maximum Gasteiger partial charge on any atom is 0.0460 e. The van der Waals surface area contributed by atoms with E-state index in [-0.39, 0.29) is 6.04 Å². The molecule has 2 aromatic rings. The molecule has 0 amide bonds. The number of fused-ring (bicyclic) bond motifs is 1. The summed E-state index contributed by atoms with van der Waals surface area (Å²) < 4.78 is 0. The Morgan fingerprint density at radius 2 is 2.15 bits per heavy atom. The molecule has 0 radical (unpaired) electrons. The lowest BCUT2D eigenvalue weighted by atomic mass is 10.0. The van der Waals surface area contributed by atoms with Gasteiger partial charge in [0.05, 0.1) is 0 Å². The zero-order chi connectivity index (χ0) is 9.42. The standard InChI is InChI=1S/C11H14N2/c1-7-4-3-5-10-11(7)9(6-13-10)8(2)12/h3-6,8,13H,12H2,1-2H3/t8-/m0/s1. The average Bonchev–Trinajstić information content (AvgIpc) is 2.49. The molecule has 0 aliphatic carbocycles. The molecule has 3 N–H and O–H groups in total. The molecule has 0 aliphatic heterocycles. The van der Waals surface area contributed by atoms with Gasteiger partial charge in [0.15, 0.2) is 0 Å². The Morgan fingerprint density at radius 1 is 1.38 bits per heavy atom. The monoisotopic (exact) mass is 174 g/mol.